The van der Waals surface area contributed by atoms with Crippen LogP contribution in [0.3, 0.4) is 0 Å². The van der Waals surface area contributed by atoms with Crippen molar-refractivity contribution in [2.24, 2.45) is 0 Å². The van der Waals surface area contributed by atoms with Gasteiger partial charge in [-0.15, -0.1) is 11.3 Å². The Bertz CT molecular complexity index is 1260. The third kappa shape index (κ3) is 3.77. The van der Waals surface area contributed by atoms with Crippen molar-refractivity contribution in [3.05, 3.63) is 73.8 Å². The van der Waals surface area contributed by atoms with Crippen molar-refractivity contribution in [1.82, 2.24) is 4.57 Å². The summed E-state index contributed by atoms with van der Waals surface area (Å²) in [5.41, 5.74) is 2.10. The number of benzene rings is 1. The molecule has 0 amide bonds. The first kappa shape index (κ1) is 22.2. The highest BCUT2D eigenvalue weighted by Gasteiger charge is 2.46. The maximum atomic E-state index is 13.0. The molecule has 0 fully saturated rings. The molecule has 6 nitrogen and oxygen atoms in total. The first-order valence-electron chi connectivity index (χ1n) is 10.1. The summed E-state index contributed by atoms with van der Waals surface area (Å²) in [7, 11) is 1.57. The topological polar surface area (TPSA) is 61.7 Å². The van der Waals surface area contributed by atoms with E-state index >= 15 is 0 Å². The molecule has 2 aliphatic heterocycles. The standard InChI is InChI=1S/C22H19F3N2O4S2/c1-29-33-21(8-9-27-17(21)10-16-19(20(27)28)31-12-30-16)14-4-2-3-5-15(14)26-11-13-6-7-18(32-13)22(23,24)25/h2-7,10,26H,8-9,11-12H2,1H3. The Labute approximate surface area is 195 Å². The Kier molecular flexibility index (Phi) is 5.58. The largest absolute Gasteiger partial charge is 0.453 e. The molecule has 11 heteroatoms. The Morgan fingerprint density at radius 3 is 2.82 bits per heavy atom. The third-order valence-corrected chi connectivity index (χ3v) is 7.94. The van der Waals surface area contributed by atoms with Gasteiger partial charge in [0.2, 0.25) is 12.5 Å². The first-order valence-corrected chi connectivity index (χ1v) is 11.6. The van der Waals surface area contributed by atoms with Crippen molar-refractivity contribution in [3.63, 3.8) is 0 Å². The van der Waals surface area contributed by atoms with Crippen LogP contribution in [0.25, 0.3) is 0 Å². The van der Waals surface area contributed by atoms with E-state index in [1.165, 1.54) is 18.1 Å². The summed E-state index contributed by atoms with van der Waals surface area (Å²) in [6, 6.07) is 11.9. The van der Waals surface area contributed by atoms with Crippen LogP contribution in [0.4, 0.5) is 18.9 Å². The predicted molar refractivity (Wildman–Crippen MR) is 120 cm³/mol. The second kappa shape index (κ2) is 8.30. The normalized spacial score (nSPS) is 19.0. The maximum Gasteiger partial charge on any atom is 0.425 e. The van der Waals surface area contributed by atoms with E-state index in [9.17, 15) is 18.0 Å². The predicted octanol–water partition coefficient (Wildman–Crippen LogP) is 5.21. The molecule has 0 aliphatic carbocycles. The van der Waals surface area contributed by atoms with Gasteiger partial charge in [0.15, 0.2) is 5.75 Å². The molecule has 0 saturated heterocycles. The van der Waals surface area contributed by atoms with E-state index in [4.69, 9.17) is 13.7 Å². The van der Waals surface area contributed by atoms with Crippen molar-refractivity contribution < 1.29 is 26.8 Å². The van der Waals surface area contributed by atoms with Gasteiger partial charge in [0.05, 0.1) is 7.11 Å². The summed E-state index contributed by atoms with van der Waals surface area (Å²) in [5.74, 6) is 0.611. The number of thiophene rings is 1. The summed E-state index contributed by atoms with van der Waals surface area (Å²) in [4.78, 5) is 12.9. The zero-order valence-electron chi connectivity index (χ0n) is 17.4. The van der Waals surface area contributed by atoms with Gasteiger partial charge < -0.3 is 23.5 Å². The second-order valence-corrected chi connectivity index (χ2v) is 9.94. The zero-order chi connectivity index (χ0) is 23.2. The lowest BCUT2D eigenvalue weighted by Crippen LogP contribution is -2.26. The van der Waals surface area contributed by atoms with Crippen molar-refractivity contribution in [2.75, 3.05) is 19.2 Å². The van der Waals surface area contributed by atoms with Crippen LogP contribution in [0.2, 0.25) is 0 Å². The van der Waals surface area contributed by atoms with Gasteiger partial charge in [-0.1, -0.05) is 18.2 Å². The molecule has 1 unspecified atom stereocenters. The van der Waals surface area contributed by atoms with Gasteiger partial charge in [-0.2, -0.15) is 13.2 Å². The SMILES string of the molecule is COSC1(c2ccccc2NCc2ccc(C(F)(F)F)s2)CCn2c1cc1c(c2=O)OCO1. The highest BCUT2D eigenvalue weighted by molar-refractivity contribution is 7.95. The lowest BCUT2D eigenvalue weighted by molar-refractivity contribution is -0.134. The van der Waals surface area contributed by atoms with Crippen molar-refractivity contribution in [2.45, 2.75) is 30.4 Å². The highest BCUT2D eigenvalue weighted by Crippen LogP contribution is 2.53. The number of pyridine rings is 1. The number of para-hydroxylation sites is 1. The average molecular weight is 497 g/mol. The summed E-state index contributed by atoms with van der Waals surface area (Å²) >= 11 is 1.95. The molecule has 2 aliphatic rings. The highest BCUT2D eigenvalue weighted by atomic mass is 32.2. The number of halogens is 3. The molecule has 4 heterocycles. The van der Waals surface area contributed by atoms with E-state index < -0.39 is 15.8 Å². The van der Waals surface area contributed by atoms with E-state index in [0.29, 0.717) is 23.6 Å². The van der Waals surface area contributed by atoms with Crippen LogP contribution in [-0.4, -0.2) is 18.5 Å². The minimum Gasteiger partial charge on any atom is -0.453 e. The van der Waals surface area contributed by atoms with Gasteiger partial charge in [0.1, 0.15) is 9.62 Å². The van der Waals surface area contributed by atoms with Crippen LogP contribution in [0.5, 0.6) is 11.5 Å². The van der Waals surface area contributed by atoms with Gasteiger partial charge in [0.25, 0.3) is 5.56 Å². The molecular weight excluding hydrogens is 477 g/mol. The maximum absolute atomic E-state index is 13.0. The molecule has 2 aromatic heterocycles. The molecule has 33 heavy (non-hydrogen) atoms. The summed E-state index contributed by atoms with van der Waals surface area (Å²) in [6.07, 6.45) is -3.77. The van der Waals surface area contributed by atoms with E-state index in [0.717, 1.165) is 34.3 Å². The molecule has 5 rings (SSSR count). The monoisotopic (exact) mass is 496 g/mol. The van der Waals surface area contributed by atoms with Crippen LogP contribution in [-0.2, 0) is 28.2 Å². The van der Waals surface area contributed by atoms with E-state index in [1.54, 1.807) is 11.7 Å². The number of hydrogen-bond donors (Lipinski definition) is 1. The van der Waals surface area contributed by atoms with Gasteiger partial charge in [-0.3, -0.25) is 4.79 Å². The van der Waals surface area contributed by atoms with Crippen LogP contribution in [0, 0.1) is 0 Å². The van der Waals surface area contributed by atoms with E-state index in [2.05, 4.69) is 5.32 Å². The minimum absolute atomic E-state index is 0.00266. The van der Waals surface area contributed by atoms with Crippen LogP contribution >= 0.6 is 23.4 Å². The van der Waals surface area contributed by atoms with Gasteiger partial charge >= 0.3 is 6.18 Å². The molecule has 1 atom stereocenters. The number of anilines is 1. The molecular formula is C22H19F3N2O4S2. The number of rotatable bonds is 6. The number of nitrogens with zero attached hydrogens (tertiary/aromatic N) is 1. The minimum atomic E-state index is -4.35. The molecule has 3 aromatic rings. The van der Waals surface area contributed by atoms with Crippen LogP contribution in [0.15, 0.2) is 47.3 Å². The molecule has 174 valence electrons. The lowest BCUT2D eigenvalue weighted by Gasteiger charge is -2.30. The molecule has 1 N–H and O–H groups in total. The van der Waals surface area contributed by atoms with Gasteiger partial charge in [-0.25, -0.2) is 0 Å². The number of nitrogens with one attached hydrogen (secondary N) is 1. The van der Waals surface area contributed by atoms with Crippen molar-refractivity contribution in [3.8, 4) is 11.5 Å². The Morgan fingerprint density at radius 1 is 1.24 bits per heavy atom. The number of hydrogen-bond acceptors (Lipinski definition) is 7. The number of ether oxygens (including phenoxy) is 2. The molecule has 0 radical (unpaired) electrons. The first-order chi connectivity index (χ1) is 15.8. The quantitative estimate of drug-likeness (QED) is 0.473. The zero-order valence-corrected chi connectivity index (χ0v) is 19.0. The number of aromatic nitrogens is 1. The summed E-state index contributed by atoms with van der Waals surface area (Å²) < 4.78 is 56.2. The molecule has 1 aromatic carbocycles. The fourth-order valence-corrected chi connectivity index (χ4v) is 6.09. The van der Waals surface area contributed by atoms with Crippen LogP contribution in [0.1, 0.15) is 27.4 Å². The van der Waals surface area contributed by atoms with Gasteiger partial charge in [0, 0.05) is 47.5 Å². The molecule has 0 bridgehead atoms. The smallest absolute Gasteiger partial charge is 0.425 e. The fourth-order valence-electron chi connectivity index (χ4n) is 4.29. The lowest BCUT2D eigenvalue weighted by atomic mass is 9.91. The fraction of sp³-hybridized carbons (Fsp3) is 0.318. The molecule has 0 spiro atoms. The van der Waals surface area contributed by atoms with Crippen LogP contribution < -0.4 is 20.3 Å². The average Bonchev–Trinajstić information content (AvgIpc) is 3.52. The van der Waals surface area contributed by atoms with Gasteiger partial charge in [-0.05, 0) is 30.2 Å². The number of alkyl halides is 3. The molecule has 0 saturated carbocycles. The van der Waals surface area contributed by atoms with Crippen molar-refractivity contribution >= 4 is 29.1 Å². The number of fused-ring (bicyclic) bond motifs is 2. The summed E-state index contributed by atoms with van der Waals surface area (Å²) in [6.45, 7) is 0.701. The van der Waals surface area contributed by atoms with E-state index in [1.807, 2.05) is 30.3 Å². The third-order valence-electron chi connectivity index (χ3n) is 5.72. The van der Waals surface area contributed by atoms with Crippen molar-refractivity contribution in [1.29, 1.82) is 0 Å². The Hall–Kier alpha value is -2.63. The van der Waals surface area contributed by atoms with E-state index in [-0.39, 0.29) is 24.6 Å². The Balaban J connectivity index is 1.52. The summed E-state index contributed by atoms with van der Waals surface area (Å²) in [5, 5.41) is 3.28. The Morgan fingerprint density at radius 2 is 2.06 bits per heavy atom. The second-order valence-electron chi connectivity index (χ2n) is 7.58.